The van der Waals surface area contributed by atoms with Crippen molar-refractivity contribution in [1.29, 1.82) is 0 Å². The lowest BCUT2D eigenvalue weighted by Crippen LogP contribution is -2.47. The maximum Gasteiger partial charge on any atom is 0.407 e. The van der Waals surface area contributed by atoms with E-state index in [4.69, 9.17) is 9.47 Å². The van der Waals surface area contributed by atoms with E-state index in [1.807, 2.05) is 24.3 Å². The maximum atomic E-state index is 12.4. The van der Waals surface area contributed by atoms with Crippen LogP contribution in [0.5, 0.6) is 0 Å². The second-order valence-corrected chi connectivity index (χ2v) is 7.29. The number of aliphatic carboxylic acids is 1. The van der Waals surface area contributed by atoms with Gasteiger partial charge in [0.2, 0.25) is 0 Å². The molecule has 1 saturated carbocycles. The molecule has 2 N–H and O–H groups in total. The largest absolute Gasteiger partial charge is 0.481 e. The summed E-state index contributed by atoms with van der Waals surface area (Å²) in [4.78, 5) is 23.9. The Morgan fingerprint density at radius 3 is 2.21 bits per heavy atom. The first-order chi connectivity index (χ1) is 13.6. The van der Waals surface area contributed by atoms with E-state index in [9.17, 15) is 14.7 Å². The number of benzene rings is 2. The lowest BCUT2D eigenvalue weighted by atomic mass is 9.98. The number of alkyl carbamates (subject to hydrolysis) is 1. The van der Waals surface area contributed by atoms with Crippen molar-refractivity contribution in [1.82, 2.24) is 5.32 Å². The third-order valence-electron chi connectivity index (χ3n) is 5.84. The number of carbonyl (C=O) groups excluding carboxylic acids is 1. The Bertz CT molecular complexity index is 851. The van der Waals surface area contributed by atoms with Gasteiger partial charge in [-0.1, -0.05) is 48.5 Å². The zero-order valence-corrected chi connectivity index (χ0v) is 15.6. The summed E-state index contributed by atoms with van der Waals surface area (Å²) in [5.74, 6) is -1.62. The molecule has 2 aromatic rings. The lowest BCUT2D eigenvalue weighted by Gasteiger charge is -2.23. The summed E-state index contributed by atoms with van der Waals surface area (Å²) in [7, 11) is 1.53. The van der Waals surface area contributed by atoms with E-state index < -0.39 is 24.0 Å². The number of hydrogen-bond acceptors (Lipinski definition) is 4. The molecule has 2 aliphatic rings. The molecule has 0 aliphatic heterocycles. The van der Waals surface area contributed by atoms with Gasteiger partial charge in [-0.25, -0.2) is 4.79 Å². The summed E-state index contributed by atoms with van der Waals surface area (Å²) in [6.07, 6.45) is 0.146. The van der Waals surface area contributed by atoms with Gasteiger partial charge in [-0.15, -0.1) is 0 Å². The van der Waals surface area contributed by atoms with E-state index in [2.05, 4.69) is 29.6 Å². The van der Waals surface area contributed by atoms with Crippen LogP contribution in [0.15, 0.2) is 48.5 Å². The van der Waals surface area contributed by atoms with Gasteiger partial charge in [-0.2, -0.15) is 0 Å². The topological polar surface area (TPSA) is 84.9 Å². The second-order valence-electron chi connectivity index (χ2n) is 7.29. The molecule has 3 atom stereocenters. The van der Waals surface area contributed by atoms with Crippen molar-refractivity contribution in [2.75, 3.05) is 13.7 Å². The first-order valence-corrected chi connectivity index (χ1v) is 9.47. The van der Waals surface area contributed by atoms with Gasteiger partial charge in [-0.05, 0) is 35.1 Å². The first-order valence-electron chi connectivity index (χ1n) is 9.47. The van der Waals surface area contributed by atoms with Gasteiger partial charge in [0.05, 0.1) is 18.1 Å². The number of amides is 1. The monoisotopic (exact) mass is 381 g/mol. The molecule has 1 fully saturated rings. The molecule has 2 aromatic carbocycles. The average Bonchev–Trinajstić information content (AvgIpc) is 3.25. The molecular weight excluding hydrogens is 358 g/mol. The molecule has 28 heavy (non-hydrogen) atoms. The number of rotatable bonds is 5. The van der Waals surface area contributed by atoms with Crippen molar-refractivity contribution in [3.05, 3.63) is 59.7 Å². The van der Waals surface area contributed by atoms with Crippen LogP contribution in [-0.4, -0.2) is 43.0 Å². The second kappa shape index (κ2) is 7.64. The Labute approximate surface area is 163 Å². The third kappa shape index (κ3) is 3.24. The van der Waals surface area contributed by atoms with Gasteiger partial charge in [0.15, 0.2) is 0 Å². The van der Waals surface area contributed by atoms with E-state index in [0.29, 0.717) is 12.8 Å². The molecule has 0 radical (unpaired) electrons. The number of carboxylic acid groups (broad SMARTS) is 1. The Morgan fingerprint density at radius 2 is 1.64 bits per heavy atom. The maximum absolute atomic E-state index is 12.4. The predicted octanol–water partition coefficient (Wildman–Crippen LogP) is 3.40. The molecule has 0 saturated heterocycles. The minimum Gasteiger partial charge on any atom is -0.481 e. The zero-order chi connectivity index (χ0) is 19.7. The quantitative estimate of drug-likeness (QED) is 0.829. The van der Waals surface area contributed by atoms with Gasteiger partial charge >= 0.3 is 12.1 Å². The molecule has 0 bridgehead atoms. The van der Waals surface area contributed by atoms with Crippen LogP contribution < -0.4 is 5.32 Å². The number of nitrogens with one attached hydrogen (secondary N) is 1. The van der Waals surface area contributed by atoms with Gasteiger partial charge < -0.3 is 19.9 Å². The molecule has 4 rings (SSSR count). The van der Waals surface area contributed by atoms with Crippen LogP contribution in [0.2, 0.25) is 0 Å². The molecule has 6 heteroatoms. The van der Waals surface area contributed by atoms with Crippen molar-refractivity contribution >= 4 is 12.1 Å². The van der Waals surface area contributed by atoms with E-state index in [-0.39, 0.29) is 18.6 Å². The van der Waals surface area contributed by atoms with E-state index in [1.54, 1.807) is 0 Å². The van der Waals surface area contributed by atoms with E-state index in [0.717, 1.165) is 22.3 Å². The Kier molecular flexibility index (Phi) is 5.05. The van der Waals surface area contributed by atoms with Crippen LogP contribution in [0, 0.1) is 5.92 Å². The summed E-state index contributed by atoms with van der Waals surface area (Å²) in [6.45, 7) is 0.196. The third-order valence-corrected chi connectivity index (χ3v) is 5.84. The van der Waals surface area contributed by atoms with Crippen LogP contribution in [0.25, 0.3) is 11.1 Å². The standard InChI is InChI=1S/C22H23NO5/c1-27-19-11-10-17(21(24)25)20(19)23-22(26)28-12-18-15-8-4-2-6-13(15)14-7-3-5-9-16(14)18/h2-9,17-20H,10-12H2,1H3,(H,23,26)(H,24,25)/t17-,19+,20+/m1/s1. The number of ether oxygens (including phenoxy) is 2. The van der Waals surface area contributed by atoms with Crippen molar-refractivity contribution in [3.63, 3.8) is 0 Å². The summed E-state index contributed by atoms with van der Waals surface area (Å²) in [5.41, 5.74) is 4.59. The van der Waals surface area contributed by atoms with Crippen molar-refractivity contribution in [2.24, 2.45) is 5.92 Å². The first kappa shape index (κ1) is 18.5. The van der Waals surface area contributed by atoms with Crippen LogP contribution in [0.4, 0.5) is 4.79 Å². The minimum absolute atomic E-state index is 0.0322. The normalized spacial score (nSPS) is 23.1. The highest BCUT2D eigenvalue weighted by atomic mass is 16.5. The highest BCUT2D eigenvalue weighted by Gasteiger charge is 2.42. The summed E-state index contributed by atoms with van der Waals surface area (Å²) < 4.78 is 10.9. The number of carbonyl (C=O) groups is 2. The highest BCUT2D eigenvalue weighted by molar-refractivity contribution is 5.79. The molecule has 146 valence electrons. The van der Waals surface area contributed by atoms with Crippen molar-refractivity contribution < 1.29 is 24.2 Å². The van der Waals surface area contributed by atoms with Gasteiger partial charge in [-0.3, -0.25) is 4.79 Å². The van der Waals surface area contributed by atoms with Crippen molar-refractivity contribution in [3.8, 4) is 11.1 Å². The van der Waals surface area contributed by atoms with Crippen LogP contribution >= 0.6 is 0 Å². The van der Waals surface area contributed by atoms with Gasteiger partial charge in [0, 0.05) is 13.0 Å². The fourth-order valence-corrected chi connectivity index (χ4v) is 4.47. The Balaban J connectivity index is 1.46. The van der Waals surface area contributed by atoms with Gasteiger partial charge in [0.25, 0.3) is 0 Å². The highest BCUT2D eigenvalue weighted by Crippen LogP contribution is 2.44. The number of fused-ring (bicyclic) bond motifs is 3. The van der Waals surface area contributed by atoms with Crippen LogP contribution in [0.1, 0.15) is 29.9 Å². The molecule has 0 aromatic heterocycles. The predicted molar refractivity (Wildman–Crippen MR) is 103 cm³/mol. The Hall–Kier alpha value is -2.86. The molecule has 0 spiro atoms. The molecule has 6 nitrogen and oxygen atoms in total. The molecule has 0 heterocycles. The number of methoxy groups -OCH3 is 1. The zero-order valence-electron chi connectivity index (χ0n) is 15.6. The van der Waals surface area contributed by atoms with Crippen molar-refractivity contribution in [2.45, 2.75) is 30.9 Å². The average molecular weight is 381 g/mol. The number of hydrogen-bond donors (Lipinski definition) is 2. The summed E-state index contributed by atoms with van der Waals surface area (Å²) >= 11 is 0. The molecule has 2 aliphatic carbocycles. The van der Waals surface area contributed by atoms with E-state index >= 15 is 0 Å². The summed E-state index contributed by atoms with van der Waals surface area (Å²) in [6, 6.07) is 15.7. The SMILES string of the molecule is CO[C@H]1CC[C@@H](C(=O)O)[C@@H]1NC(=O)OCC1c2ccccc2-c2ccccc21. The van der Waals surface area contributed by atoms with Crippen LogP contribution in [0.3, 0.4) is 0 Å². The summed E-state index contributed by atoms with van der Waals surface area (Å²) in [5, 5.41) is 12.1. The smallest absolute Gasteiger partial charge is 0.407 e. The molecule has 0 unspecified atom stereocenters. The van der Waals surface area contributed by atoms with Crippen LogP contribution in [-0.2, 0) is 14.3 Å². The minimum atomic E-state index is -0.927. The molecular formula is C22H23NO5. The number of carboxylic acids is 1. The molecule has 1 amide bonds. The fourth-order valence-electron chi connectivity index (χ4n) is 4.47. The lowest BCUT2D eigenvalue weighted by molar-refractivity contribution is -0.142. The van der Waals surface area contributed by atoms with Gasteiger partial charge in [0.1, 0.15) is 6.61 Å². The fraction of sp³-hybridized carbons (Fsp3) is 0.364. The van der Waals surface area contributed by atoms with E-state index in [1.165, 1.54) is 7.11 Å². The Morgan fingerprint density at radius 1 is 1.04 bits per heavy atom.